The van der Waals surface area contributed by atoms with Gasteiger partial charge in [-0.2, -0.15) is 9.97 Å². The Morgan fingerprint density at radius 1 is 0.980 bits per heavy atom. The summed E-state index contributed by atoms with van der Waals surface area (Å²) in [6, 6.07) is 8.16. The second-order valence-corrected chi connectivity index (χ2v) is 15.0. The molecule has 1 aliphatic carbocycles. The number of anilines is 1. The molecule has 49 heavy (non-hydrogen) atoms. The number of nitrogens with zero attached hydrogens (tertiary/aromatic N) is 5. The van der Waals surface area contributed by atoms with Gasteiger partial charge in [-0.25, -0.2) is 13.2 Å². The highest BCUT2D eigenvalue weighted by molar-refractivity contribution is 6.04. The molecule has 4 unspecified atom stereocenters. The van der Waals surface area contributed by atoms with Gasteiger partial charge in [0, 0.05) is 78.6 Å². The van der Waals surface area contributed by atoms with Gasteiger partial charge in [-0.1, -0.05) is 12.0 Å². The number of rotatable bonds is 7. The molecule has 8 nitrogen and oxygen atoms in total. The highest BCUT2D eigenvalue weighted by Crippen LogP contribution is 2.48. The van der Waals surface area contributed by atoms with Crippen LogP contribution in [0.4, 0.5) is 19.0 Å². The number of piperidine rings is 2. The molecule has 254 valence electrons. The average Bonchev–Trinajstić information content (AvgIpc) is 3.77. The van der Waals surface area contributed by atoms with Crippen molar-refractivity contribution < 1.29 is 23.0 Å². The van der Waals surface area contributed by atoms with Gasteiger partial charge < -0.3 is 25.0 Å². The van der Waals surface area contributed by atoms with E-state index in [0.29, 0.717) is 43.0 Å². The van der Waals surface area contributed by atoms with Crippen LogP contribution in [-0.4, -0.2) is 95.4 Å². The molecule has 0 amide bonds. The van der Waals surface area contributed by atoms with E-state index in [2.05, 4.69) is 38.0 Å². The summed E-state index contributed by atoms with van der Waals surface area (Å²) >= 11 is 0. The van der Waals surface area contributed by atoms with Gasteiger partial charge in [-0.3, -0.25) is 4.90 Å². The second-order valence-electron chi connectivity index (χ2n) is 15.0. The molecular formula is C38H39F3N6O2. The summed E-state index contributed by atoms with van der Waals surface area (Å²) in [6.07, 6.45) is 12.3. The zero-order valence-electron chi connectivity index (χ0n) is 27.5. The minimum atomic E-state index is -0.949. The van der Waals surface area contributed by atoms with Crippen molar-refractivity contribution in [1.29, 1.82) is 0 Å². The van der Waals surface area contributed by atoms with E-state index in [0.717, 1.165) is 45.3 Å². The van der Waals surface area contributed by atoms with Crippen molar-refractivity contribution in [3.05, 3.63) is 53.3 Å². The highest BCUT2D eigenvalue weighted by Gasteiger charge is 2.48. The number of terminal acetylenes is 1. The number of hydrogen-bond acceptors (Lipinski definition) is 8. The van der Waals surface area contributed by atoms with Gasteiger partial charge in [-0.15, -0.1) is 6.42 Å². The Morgan fingerprint density at radius 2 is 1.76 bits per heavy atom. The van der Waals surface area contributed by atoms with Crippen LogP contribution in [-0.2, 0) is 0 Å². The normalized spacial score (nSPS) is 26.1. The maximum absolute atomic E-state index is 17.0. The third kappa shape index (κ3) is 5.27. The van der Waals surface area contributed by atoms with Crippen molar-refractivity contribution in [2.24, 2.45) is 5.41 Å². The zero-order chi connectivity index (χ0) is 33.6. The standard InChI is InChI=1S/C38H39F3N6O2/c1-3-27-30(39)9-4-21-12-26(48)13-28(32(21)27)33-31(40)14-29-35(34(33)41)43-37(44-36(29)46-15-22-5-6-23(16-46)42-22)49-20-38(10-11-38)19-47-18-24-7-8-25(47)17-45(24)2/h1,4,9,12-14,22-25,42,48H,5-8,10-11,15-20H2,2H3. The van der Waals surface area contributed by atoms with Crippen molar-refractivity contribution >= 4 is 27.5 Å². The van der Waals surface area contributed by atoms with Crippen molar-refractivity contribution in [2.75, 3.05) is 51.3 Å². The number of likely N-dealkylation sites (N-methyl/N-ethyl adjacent to an activating group) is 1. The summed E-state index contributed by atoms with van der Waals surface area (Å²) < 4.78 is 54.5. The van der Waals surface area contributed by atoms with Crippen LogP contribution in [0.15, 0.2) is 30.3 Å². The van der Waals surface area contributed by atoms with E-state index in [1.54, 1.807) is 0 Å². The minimum absolute atomic E-state index is 0.00857. The number of aromatic nitrogens is 2. The number of hydrogen-bond donors (Lipinski definition) is 2. The van der Waals surface area contributed by atoms with Gasteiger partial charge >= 0.3 is 6.01 Å². The number of piperazine rings is 2. The quantitative estimate of drug-likeness (QED) is 0.253. The lowest BCUT2D eigenvalue weighted by Gasteiger charge is -2.51. The van der Waals surface area contributed by atoms with Crippen LogP contribution in [0, 0.1) is 35.2 Å². The van der Waals surface area contributed by atoms with Gasteiger partial charge in [0.2, 0.25) is 0 Å². The lowest BCUT2D eigenvalue weighted by Crippen LogP contribution is -2.62. The fourth-order valence-corrected chi connectivity index (χ4v) is 8.94. The van der Waals surface area contributed by atoms with Gasteiger partial charge in [0.1, 0.15) is 28.7 Å². The smallest absolute Gasteiger partial charge is 0.319 e. The summed E-state index contributed by atoms with van der Waals surface area (Å²) in [7, 11) is 2.22. The third-order valence-electron chi connectivity index (χ3n) is 11.7. The molecule has 4 bridgehead atoms. The molecule has 5 saturated heterocycles. The van der Waals surface area contributed by atoms with E-state index in [-0.39, 0.29) is 56.7 Å². The maximum atomic E-state index is 17.0. The number of ether oxygens (including phenoxy) is 1. The van der Waals surface area contributed by atoms with E-state index < -0.39 is 23.0 Å². The summed E-state index contributed by atoms with van der Waals surface area (Å²) in [6.45, 7) is 4.81. The molecule has 0 spiro atoms. The molecule has 6 fully saturated rings. The van der Waals surface area contributed by atoms with Crippen LogP contribution in [0.5, 0.6) is 11.8 Å². The first-order valence-corrected chi connectivity index (χ1v) is 17.4. The zero-order valence-corrected chi connectivity index (χ0v) is 27.5. The Morgan fingerprint density at radius 3 is 2.45 bits per heavy atom. The van der Waals surface area contributed by atoms with Gasteiger partial charge in [0.25, 0.3) is 0 Å². The molecular weight excluding hydrogens is 629 g/mol. The van der Waals surface area contributed by atoms with Crippen molar-refractivity contribution in [3.8, 4) is 35.2 Å². The second kappa shape index (κ2) is 11.5. The molecule has 6 aliphatic rings. The molecule has 10 rings (SSSR count). The largest absolute Gasteiger partial charge is 0.508 e. The molecule has 4 atom stereocenters. The number of nitrogens with one attached hydrogen (secondary N) is 1. The maximum Gasteiger partial charge on any atom is 0.319 e. The lowest BCUT2D eigenvalue weighted by molar-refractivity contribution is -0.0211. The number of phenols is 1. The minimum Gasteiger partial charge on any atom is -0.508 e. The predicted molar refractivity (Wildman–Crippen MR) is 182 cm³/mol. The van der Waals surface area contributed by atoms with Crippen LogP contribution in [0.3, 0.4) is 0 Å². The first kappa shape index (κ1) is 30.9. The van der Waals surface area contributed by atoms with Crippen LogP contribution in [0.1, 0.15) is 44.1 Å². The molecule has 1 saturated carbocycles. The van der Waals surface area contributed by atoms with Crippen LogP contribution in [0.2, 0.25) is 0 Å². The summed E-state index contributed by atoms with van der Waals surface area (Å²) in [5, 5.41) is 14.9. The predicted octanol–water partition coefficient (Wildman–Crippen LogP) is 5.43. The van der Waals surface area contributed by atoms with E-state index in [1.807, 2.05) is 0 Å². The first-order chi connectivity index (χ1) is 23.7. The number of phenolic OH excluding ortho intramolecular Hbond substituents is 1. The number of fused-ring (bicyclic) bond motifs is 7. The fourth-order valence-electron chi connectivity index (χ4n) is 8.94. The van der Waals surface area contributed by atoms with E-state index in [9.17, 15) is 9.50 Å². The summed E-state index contributed by atoms with van der Waals surface area (Å²) in [5.41, 5.74) is -0.751. The van der Waals surface area contributed by atoms with Crippen LogP contribution < -0.4 is 15.0 Å². The van der Waals surface area contributed by atoms with E-state index in [4.69, 9.17) is 16.1 Å². The Kier molecular flexibility index (Phi) is 7.24. The Labute approximate surface area is 283 Å². The van der Waals surface area contributed by atoms with Crippen molar-refractivity contribution in [1.82, 2.24) is 25.1 Å². The number of aromatic hydroxyl groups is 1. The summed E-state index contributed by atoms with van der Waals surface area (Å²) in [5.74, 6) is -0.00908. The molecule has 4 aromatic rings. The molecule has 2 N–H and O–H groups in total. The van der Waals surface area contributed by atoms with Crippen molar-refractivity contribution in [3.63, 3.8) is 0 Å². The third-order valence-corrected chi connectivity index (χ3v) is 11.7. The monoisotopic (exact) mass is 668 g/mol. The van der Waals surface area contributed by atoms with Crippen molar-refractivity contribution in [2.45, 2.75) is 62.7 Å². The van der Waals surface area contributed by atoms with E-state index >= 15 is 8.78 Å². The molecule has 11 heteroatoms. The first-order valence-electron chi connectivity index (χ1n) is 17.4. The van der Waals surface area contributed by atoms with Crippen LogP contribution >= 0.6 is 0 Å². The van der Waals surface area contributed by atoms with Gasteiger partial charge in [0.15, 0.2) is 5.82 Å². The molecule has 0 radical (unpaired) electrons. The highest BCUT2D eigenvalue weighted by atomic mass is 19.1. The molecule has 3 aromatic carbocycles. The topological polar surface area (TPSA) is 77.0 Å². The molecule has 1 aromatic heterocycles. The fraction of sp³-hybridized carbons (Fsp3) is 0.474. The van der Waals surface area contributed by atoms with Gasteiger partial charge in [-0.05, 0) is 75.2 Å². The lowest BCUT2D eigenvalue weighted by atomic mass is 9.90. The SMILES string of the molecule is C#Cc1c(F)ccc2cc(O)cc(-c3c(F)cc4c(N5CC6CCC(C5)N6)nc(OCC5(CN6CC7CCC6CN7C)CC5)nc4c3F)c12. The van der Waals surface area contributed by atoms with Gasteiger partial charge in [0.05, 0.1) is 17.7 Å². The Bertz CT molecular complexity index is 2030. The van der Waals surface area contributed by atoms with Crippen LogP contribution in [0.25, 0.3) is 32.8 Å². The Balaban J connectivity index is 1.13. The number of halogens is 3. The summed E-state index contributed by atoms with van der Waals surface area (Å²) in [4.78, 5) is 16.6. The number of benzene rings is 3. The molecule has 5 aliphatic heterocycles. The van der Waals surface area contributed by atoms with E-state index in [1.165, 1.54) is 43.2 Å². The Hall–Kier alpha value is -4.11. The average molecular weight is 669 g/mol. The molecule has 6 heterocycles.